The van der Waals surface area contributed by atoms with E-state index in [0.717, 1.165) is 30.1 Å². The van der Waals surface area contributed by atoms with Crippen molar-refractivity contribution in [2.45, 2.75) is 199 Å². The Morgan fingerprint density at radius 2 is 1.19 bits per heavy atom. The second-order valence-corrected chi connectivity index (χ2v) is 12.1. The van der Waals surface area contributed by atoms with Gasteiger partial charge >= 0.3 is 6.29 Å². The van der Waals surface area contributed by atoms with Crippen LogP contribution in [0.2, 0.25) is 0 Å². The molecule has 1 aliphatic rings. The number of aliphatic hydroxyl groups is 1. The molecule has 0 bridgehead atoms. The molecular weight excluding hydrogens is 594 g/mol. The molecule has 1 aromatic carbocycles. The van der Waals surface area contributed by atoms with Crippen LogP contribution < -0.4 is 9.47 Å². The molecule has 0 fully saturated rings. The van der Waals surface area contributed by atoms with Crippen molar-refractivity contribution in [2.24, 2.45) is 5.92 Å². The van der Waals surface area contributed by atoms with E-state index < -0.39 is 6.29 Å². The Morgan fingerprint density at radius 1 is 0.702 bits per heavy atom. The van der Waals surface area contributed by atoms with E-state index in [1.54, 1.807) is 10.7 Å². The van der Waals surface area contributed by atoms with Gasteiger partial charge in [0.15, 0.2) is 11.5 Å². The van der Waals surface area contributed by atoms with Crippen molar-refractivity contribution in [3.8, 4) is 17.2 Å². The van der Waals surface area contributed by atoms with Crippen LogP contribution in [-0.4, -0.2) is 27.3 Å². The molecular formula is C40H76F2N2O3. The van der Waals surface area contributed by atoms with Crippen LogP contribution in [0.5, 0.6) is 11.5 Å². The SMILES string of the molecule is CC.CCCC.CCCC.CCCCC(O)CCCC.CCCCCC(C)CC.Cc1cc(C)n(-c2ccc3c(c2)OC(F)(F)O3)n1. The number of rotatable bonds is 14. The normalized spacial score (nSPS) is 12.4. The third-order valence-corrected chi connectivity index (χ3v) is 7.42. The summed E-state index contributed by atoms with van der Waals surface area (Å²) in [6.07, 6.45) is 15.4. The number of unbranched alkanes of at least 4 members (excludes halogenated alkanes) is 6. The Balaban J connectivity index is -0.000000574. The fraction of sp³-hybridized carbons (Fsp3) is 0.775. The zero-order valence-corrected chi connectivity index (χ0v) is 33.0. The molecule has 278 valence electrons. The summed E-state index contributed by atoms with van der Waals surface area (Å²) in [5, 5.41) is 13.6. The fourth-order valence-corrected chi connectivity index (χ4v) is 3.93. The van der Waals surface area contributed by atoms with Gasteiger partial charge in [-0.3, -0.25) is 0 Å². The molecule has 0 amide bonds. The summed E-state index contributed by atoms with van der Waals surface area (Å²) in [6, 6.07) is 6.49. The molecule has 2 aromatic rings. The highest BCUT2D eigenvalue weighted by Gasteiger charge is 2.43. The molecule has 0 aliphatic carbocycles. The monoisotopic (exact) mass is 671 g/mol. The molecule has 1 N–H and O–H groups in total. The van der Waals surface area contributed by atoms with Crippen molar-refractivity contribution in [3.05, 3.63) is 35.7 Å². The number of ether oxygens (including phenoxy) is 2. The van der Waals surface area contributed by atoms with E-state index in [2.05, 4.69) is 76.9 Å². The highest BCUT2D eigenvalue weighted by atomic mass is 19.3. The van der Waals surface area contributed by atoms with Crippen LogP contribution in [0.25, 0.3) is 5.69 Å². The maximum atomic E-state index is 12.9. The lowest BCUT2D eigenvalue weighted by molar-refractivity contribution is -0.286. The predicted molar refractivity (Wildman–Crippen MR) is 200 cm³/mol. The third-order valence-electron chi connectivity index (χ3n) is 7.42. The lowest BCUT2D eigenvalue weighted by atomic mass is 10.0. The topological polar surface area (TPSA) is 56.5 Å². The molecule has 7 heteroatoms. The smallest absolute Gasteiger partial charge is 0.395 e. The second kappa shape index (κ2) is 32.4. The van der Waals surface area contributed by atoms with E-state index in [1.807, 2.05) is 33.8 Å². The van der Waals surface area contributed by atoms with E-state index in [9.17, 15) is 13.9 Å². The number of hydrogen-bond donors (Lipinski definition) is 1. The molecule has 1 aliphatic heterocycles. The van der Waals surface area contributed by atoms with E-state index in [1.165, 1.54) is 95.6 Å². The number of fused-ring (bicyclic) bond motifs is 1. The molecule has 0 radical (unpaired) electrons. The Bertz CT molecular complexity index is 934. The van der Waals surface area contributed by atoms with Crippen molar-refractivity contribution in [1.29, 1.82) is 0 Å². The summed E-state index contributed by atoms with van der Waals surface area (Å²) in [4.78, 5) is 0. The molecule has 0 spiro atoms. The minimum absolute atomic E-state index is 0.0186. The van der Waals surface area contributed by atoms with Crippen LogP contribution in [0.3, 0.4) is 0 Å². The summed E-state index contributed by atoms with van der Waals surface area (Å²) in [5.74, 6) is 1.01. The van der Waals surface area contributed by atoms with Gasteiger partial charge in [-0.05, 0) is 50.8 Å². The zero-order chi connectivity index (χ0) is 36.7. The van der Waals surface area contributed by atoms with Crippen LogP contribution in [-0.2, 0) is 0 Å². The number of aryl methyl sites for hydroxylation is 2. The quantitative estimate of drug-likeness (QED) is 0.203. The maximum Gasteiger partial charge on any atom is 0.586 e. The van der Waals surface area contributed by atoms with E-state index >= 15 is 0 Å². The number of halogens is 2. The zero-order valence-electron chi connectivity index (χ0n) is 33.0. The number of aliphatic hydroxyl groups excluding tert-OH is 1. The molecule has 5 nitrogen and oxygen atoms in total. The summed E-state index contributed by atoms with van der Waals surface area (Å²) >= 11 is 0. The standard InChI is InChI=1S/C12H10F2N2O2.C9H20O.C9H20.2C4H10.C2H6/c1-7-5-8(2)16(15-7)9-3-4-10-11(6-9)18-12(13,14)17-10;1-3-5-7-9(10)8-6-4-2;1-4-6-7-8-9(3)5-2;2*1-3-4-2;1-2/h3-6H,1-2H3;9-10H,3-8H2,1-2H3;9H,4-8H2,1-3H3;2*3-4H2,1-2H3;1-2H3. The van der Waals surface area contributed by atoms with Crippen LogP contribution >= 0.6 is 0 Å². The Morgan fingerprint density at radius 3 is 1.60 bits per heavy atom. The van der Waals surface area contributed by atoms with Crippen molar-refractivity contribution in [1.82, 2.24) is 9.78 Å². The van der Waals surface area contributed by atoms with Gasteiger partial charge in [-0.25, -0.2) is 4.68 Å². The Hall–Kier alpha value is -2.15. The first-order chi connectivity index (χ1) is 22.4. The molecule has 1 aromatic heterocycles. The van der Waals surface area contributed by atoms with E-state index in [4.69, 9.17) is 0 Å². The number of nitrogens with zero attached hydrogens (tertiary/aromatic N) is 2. The first-order valence-corrected chi connectivity index (χ1v) is 19.0. The summed E-state index contributed by atoms with van der Waals surface area (Å²) < 4.78 is 36.2. The van der Waals surface area contributed by atoms with Crippen LogP contribution in [0.15, 0.2) is 24.3 Å². The lowest BCUT2D eigenvalue weighted by Gasteiger charge is -2.07. The van der Waals surface area contributed by atoms with Crippen molar-refractivity contribution < 1.29 is 23.4 Å². The van der Waals surface area contributed by atoms with Crippen molar-refractivity contribution in [3.63, 3.8) is 0 Å². The summed E-state index contributed by atoms with van der Waals surface area (Å²) in [5.41, 5.74) is 2.43. The van der Waals surface area contributed by atoms with Gasteiger partial charge in [0.1, 0.15) is 0 Å². The molecule has 1 unspecified atom stereocenters. The van der Waals surface area contributed by atoms with Gasteiger partial charge < -0.3 is 14.6 Å². The molecule has 1 atom stereocenters. The van der Waals surface area contributed by atoms with Gasteiger partial charge in [0.25, 0.3) is 0 Å². The van der Waals surface area contributed by atoms with Gasteiger partial charge in [0.05, 0.1) is 17.5 Å². The molecule has 0 saturated heterocycles. The average Bonchev–Trinajstić information content (AvgIpc) is 3.59. The number of aromatic nitrogens is 2. The summed E-state index contributed by atoms with van der Waals surface area (Å²) in [7, 11) is 0. The van der Waals surface area contributed by atoms with Gasteiger partial charge in [-0.2, -0.15) is 5.10 Å². The van der Waals surface area contributed by atoms with Gasteiger partial charge in [-0.1, -0.05) is 160 Å². The van der Waals surface area contributed by atoms with Crippen molar-refractivity contribution in [2.75, 3.05) is 0 Å². The van der Waals surface area contributed by atoms with Crippen LogP contribution in [0.1, 0.15) is 184 Å². The summed E-state index contributed by atoms with van der Waals surface area (Å²) in [6.45, 7) is 27.7. The first-order valence-electron chi connectivity index (χ1n) is 19.0. The van der Waals surface area contributed by atoms with Crippen LogP contribution in [0, 0.1) is 19.8 Å². The van der Waals surface area contributed by atoms with E-state index in [-0.39, 0.29) is 17.6 Å². The minimum Gasteiger partial charge on any atom is -0.395 e. The first kappa shape index (κ1) is 49.2. The molecule has 3 rings (SSSR count). The third kappa shape index (κ3) is 26.5. The van der Waals surface area contributed by atoms with Gasteiger partial charge in [0, 0.05) is 11.8 Å². The number of hydrogen-bond acceptors (Lipinski definition) is 4. The number of benzene rings is 1. The predicted octanol–water partition coefficient (Wildman–Crippen LogP) is 13.8. The molecule has 47 heavy (non-hydrogen) atoms. The molecule has 0 saturated carbocycles. The van der Waals surface area contributed by atoms with Gasteiger partial charge in [0.2, 0.25) is 0 Å². The second-order valence-electron chi connectivity index (χ2n) is 12.1. The van der Waals surface area contributed by atoms with Gasteiger partial charge in [-0.15, -0.1) is 8.78 Å². The Labute approximate surface area is 290 Å². The molecule has 2 heterocycles. The maximum absolute atomic E-state index is 12.9. The minimum atomic E-state index is -3.59. The number of alkyl halides is 2. The lowest BCUT2D eigenvalue weighted by Crippen LogP contribution is -2.25. The largest absolute Gasteiger partial charge is 0.586 e. The Kier molecular flexibility index (Phi) is 33.9. The van der Waals surface area contributed by atoms with E-state index in [0.29, 0.717) is 5.69 Å². The fourth-order valence-electron chi connectivity index (χ4n) is 3.93. The highest BCUT2D eigenvalue weighted by molar-refractivity contribution is 5.50. The van der Waals surface area contributed by atoms with Crippen LogP contribution in [0.4, 0.5) is 8.78 Å². The average molecular weight is 671 g/mol. The van der Waals surface area contributed by atoms with Crippen molar-refractivity contribution >= 4 is 0 Å². The highest BCUT2D eigenvalue weighted by Crippen LogP contribution is 2.41.